The van der Waals surface area contributed by atoms with Crippen LogP contribution >= 0.6 is 24.0 Å². The minimum atomic E-state index is -0.517. The van der Waals surface area contributed by atoms with Crippen molar-refractivity contribution >= 4 is 52.4 Å². The molecule has 0 atom stereocenters. The number of carbonyl (C=O) groups is 1. The van der Waals surface area contributed by atoms with E-state index in [9.17, 15) is 9.18 Å². The average Bonchev–Trinajstić information content (AvgIpc) is 2.62. The summed E-state index contributed by atoms with van der Waals surface area (Å²) in [4.78, 5) is 21.1. The minimum absolute atomic E-state index is 0. The SMILES string of the molecule is CCCOC(=O)c1cnc2nc(C)ccc2c1Nc1ccc(F)c(Cl)c1.Cl. The van der Waals surface area contributed by atoms with Gasteiger partial charge < -0.3 is 10.1 Å². The van der Waals surface area contributed by atoms with E-state index in [0.29, 0.717) is 35.4 Å². The van der Waals surface area contributed by atoms with E-state index in [1.807, 2.05) is 26.0 Å². The van der Waals surface area contributed by atoms with Gasteiger partial charge in [-0.2, -0.15) is 0 Å². The van der Waals surface area contributed by atoms with Gasteiger partial charge in [0.2, 0.25) is 0 Å². The molecular weight excluding hydrogens is 392 g/mol. The zero-order chi connectivity index (χ0) is 18.7. The number of nitrogens with zero attached hydrogens (tertiary/aromatic N) is 2. The van der Waals surface area contributed by atoms with Crippen LogP contribution in [0.1, 0.15) is 29.4 Å². The van der Waals surface area contributed by atoms with Crippen LogP contribution in [0.2, 0.25) is 5.02 Å². The Bertz CT molecular complexity index is 983. The summed E-state index contributed by atoms with van der Waals surface area (Å²) in [6, 6.07) is 7.90. The number of aromatic nitrogens is 2. The summed E-state index contributed by atoms with van der Waals surface area (Å²) < 4.78 is 18.7. The predicted octanol–water partition coefficient (Wildman–Crippen LogP) is 5.46. The van der Waals surface area contributed by atoms with Gasteiger partial charge in [-0.25, -0.2) is 19.2 Å². The van der Waals surface area contributed by atoms with Crippen LogP contribution in [0.4, 0.5) is 15.8 Å². The molecule has 0 aliphatic rings. The van der Waals surface area contributed by atoms with E-state index in [4.69, 9.17) is 16.3 Å². The number of hydrogen-bond acceptors (Lipinski definition) is 5. The molecule has 0 fully saturated rings. The second-order valence-electron chi connectivity index (χ2n) is 5.76. The van der Waals surface area contributed by atoms with Crippen LogP contribution < -0.4 is 5.32 Å². The van der Waals surface area contributed by atoms with Crippen molar-refractivity contribution in [2.45, 2.75) is 20.3 Å². The van der Waals surface area contributed by atoms with Crippen molar-refractivity contribution in [3.05, 3.63) is 58.6 Å². The molecule has 2 heterocycles. The summed E-state index contributed by atoms with van der Waals surface area (Å²) in [7, 11) is 0. The lowest BCUT2D eigenvalue weighted by Crippen LogP contribution is -2.10. The molecule has 0 amide bonds. The predicted molar refractivity (Wildman–Crippen MR) is 107 cm³/mol. The number of ether oxygens (including phenoxy) is 1. The molecule has 0 bridgehead atoms. The first-order valence-corrected chi connectivity index (χ1v) is 8.53. The summed E-state index contributed by atoms with van der Waals surface area (Å²) in [6.07, 6.45) is 2.14. The van der Waals surface area contributed by atoms with E-state index in [2.05, 4.69) is 15.3 Å². The molecule has 3 aromatic rings. The van der Waals surface area contributed by atoms with Gasteiger partial charge in [0.1, 0.15) is 11.4 Å². The van der Waals surface area contributed by atoms with Crippen LogP contribution in [-0.2, 0) is 4.74 Å². The summed E-state index contributed by atoms with van der Waals surface area (Å²) in [5.41, 5.74) is 2.60. The van der Waals surface area contributed by atoms with Gasteiger partial charge in [-0.05, 0) is 43.7 Å². The van der Waals surface area contributed by atoms with Gasteiger partial charge >= 0.3 is 5.97 Å². The smallest absolute Gasteiger partial charge is 0.341 e. The number of halogens is 3. The van der Waals surface area contributed by atoms with Gasteiger partial charge in [-0.3, -0.25) is 0 Å². The molecule has 1 N–H and O–H groups in total. The standard InChI is InChI=1S/C19H17ClFN3O2.ClH/c1-3-8-26-19(25)14-10-22-18-13(6-4-11(2)23-18)17(14)24-12-5-7-16(21)15(20)9-12;/h4-7,9-10H,3,8H2,1-2H3,(H,22,23,24);1H. The van der Waals surface area contributed by atoms with Crippen molar-refractivity contribution in [1.29, 1.82) is 0 Å². The molecule has 5 nitrogen and oxygen atoms in total. The van der Waals surface area contributed by atoms with Gasteiger partial charge in [0.25, 0.3) is 0 Å². The summed E-state index contributed by atoms with van der Waals surface area (Å²) in [6.45, 7) is 4.08. The summed E-state index contributed by atoms with van der Waals surface area (Å²) >= 11 is 5.86. The van der Waals surface area contributed by atoms with E-state index in [-0.39, 0.29) is 23.0 Å². The Morgan fingerprint density at radius 1 is 1.30 bits per heavy atom. The van der Waals surface area contributed by atoms with Crippen LogP contribution in [0.3, 0.4) is 0 Å². The van der Waals surface area contributed by atoms with E-state index >= 15 is 0 Å². The molecule has 27 heavy (non-hydrogen) atoms. The van der Waals surface area contributed by atoms with E-state index in [1.165, 1.54) is 24.4 Å². The lowest BCUT2D eigenvalue weighted by atomic mass is 10.1. The largest absolute Gasteiger partial charge is 0.462 e. The van der Waals surface area contributed by atoms with E-state index in [1.54, 1.807) is 0 Å². The van der Waals surface area contributed by atoms with Crippen molar-refractivity contribution < 1.29 is 13.9 Å². The number of fused-ring (bicyclic) bond motifs is 1. The van der Waals surface area contributed by atoms with Crippen molar-refractivity contribution in [1.82, 2.24) is 9.97 Å². The number of aryl methyl sites for hydroxylation is 1. The fraction of sp³-hybridized carbons (Fsp3) is 0.211. The van der Waals surface area contributed by atoms with Crippen molar-refractivity contribution in [2.75, 3.05) is 11.9 Å². The number of pyridine rings is 2. The Morgan fingerprint density at radius 2 is 2.07 bits per heavy atom. The molecule has 3 rings (SSSR count). The third-order valence-electron chi connectivity index (χ3n) is 3.72. The molecule has 1 aromatic carbocycles. The first-order valence-electron chi connectivity index (χ1n) is 8.15. The molecule has 0 aliphatic heterocycles. The van der Waals surface area contributed by atoms with Gasteiger partial charge in [0.05, 0.1) is 17.3 Å². The highest BCUT2D eigenvalue weighted by Gasteiger charge is 2.18. The van der Waals surface area contributed by atoms with Crippen molar-refractivity contribution in [3.8, 4) is 0 Å². The average molecular weight is 410 g/mol. The highest BCUT2D eigenvalue weighted by Crippen LogP contribution is 2.30. The second kappa shape index (κ2) is 8.97. The summed E-state index contributed by atoms with van der Waals surface area (Å²) in [5, 5.41) is 3.77. The number of nitrogens with one attached hydrogen (secondary N) is 1. The first kappa shape index (κ1) is 20.9. The molecule has 2 aromatic heterocycles. The normalized spacial score (nSPS) is 10.4. The molecular formula is C19H18Cl2FN3O2. The zero-order valence-corrected chi connectivity index (χ0v) is 16.3. The quantitative estimate of drug-likeness (QED) is 0.566. The Labute approximate surface area is 167 Å². The highest BCUT2D eigenvalue weighted by atomic mass is 35.5. The maximum atomic E-state index is 13.4. The second-order valence-corrected chi connectivity index (χ2v) is 6.17. The molecule has 0 radical (unpaired) electrons. The number of hydrogen-bond donors (Lipinski definition) is 1. The fourth-order valence-electron chi connectivity index (χ4n) is 2.45. The lowest BCUT2D eigenvalue weighted by Gasteiger charge is -2.14. The monoisotopic (exact) mass is 409 g/mol. The molecule has 8 heteroatoms. The Balaban J connectivity index is 0.00000261. The Kier molecular flexibility index (Phi) is 6.93. The molecule has 0 saturated heterocycles. The molecule has 0 aliphatic carbocycles. The Morgan fingerprint density at radius 3 is 2.78 bits per heavy atom. The highest BCUT2D eigenvalue weighted by molar-refractivity contribution is 6.31. The fourth-order valence-corrected chi connectivity index (χ4v) is 2.63. The number of benzene rings is 1. The van der Waals surface area contributed by atoms with Crippen molar-refractivity contribution in [2.24, 2.45) is 0 Å². The maximum absolute atomic E-state index is 13.4. The number of esters is 1. The van der Waals surface area contributed by atoms with Crippen LogP contribution in [0.25, 0.3) is 11.0 Å². The van der Waals surface area contributed by atoms with Crippen LogP contribution in [0.15, 0.2) is 36.5 Å². The van der Waals surface area contributed by atoms with Gasteiger partial charge in [0.15, 0.2) is 5.65 Å². The molecule has 0 spiro atoms. The van der Waals surface area contributed by atoms with E-state index < -0.39 is 11.8 Å². The van der Waals surface area contributed by atoms with Crippen molar-refractivity contribution in [3.63, 3.8) is 0 Å². The van der Waals surface area contributed by atoms with Gasteiger partial charge in [-0.1, -0.05) is 18.5 Å². The minimum Gasteiger partial charge on any atom is -0.462 e. The van der Waals surface area contributed by atoms with Crippen LogP contribution in [0, 0.1) is 12.7 Å². The zero-order valence-electron chi connectivity index (χ0n) is 14.8. The van der Waals surface area contributed by atoms with Crippen LogP contribution in [-0.4, -0.2) is 22.5 Å². The lowest BCUT2D eigenvalue weighted by molar-refractivity contribution is 0.0506. The number of carbonyl (C=O) groups excluding carboxylic acids is 1. The third kappa shape index (κ3) is 4.64. The molecule has 0 saturated carbocycles. The van der Waals surface area contributed by atoms with E-state index in [0.717, 1.165) is 5.69 Å². The molecule has 142 valence electrons. The first-order chi connectivity index (χ1) is 12.5. The number of rotatable bonds is 5. The number of anilines is 2. The van der Waals surface area contributed by atoms with Crippen LogP contribution in [0.5, 0.6) is 0 Å². The molecule has 0 unspecified atom stereocenters. The Hall–Kier alpha value is -2.44. The van der Waals surface area contributed by atoms with Gasteiger partial charge in [-0.15, -0.1) is 12.4 Å². The third-order valence-corrected chi connectivity index (χ3v) is 4.00. The summed E-state index contributed by atoms with van der Waals surface area (Å²) in [5.74, 6) is -1.01. The topological polar surface area (TPSA) is 64.1 Å². The van der Waals surface area contributed by atoms with Gasteiger partial charge in [0, 0.05) is 23.0 Å². The maximum Gasteiger partial charge on any atom is 0.341 e.